The van der Waals surface area contributed by atoms with Gasteiger partial charge in [0.2, 0.25) is 11.8 Å². The van der Waals surface area contributed by atoms with Crippen LogP contribution in [0.15, 0.2) is 10.3 Å². The molecule has 4 atom stereocenters. The van der Waals surface area contributed by atoms with Crippen molar-refractivity contribution in [2.75, 3.05) is 112 Å². The number of nitrogens with one attached hydrogen (secondary N) is 4. The number of oxime groups is 2. The minimum atomic E-state index is -1.55. The van der Waals surface area contributed by atoms with E-state index >= 15 is 0 Å². The molecule has 0 aromatic heterocycles. The van der Waals surface area contributed by atoms with Gasteiger partial charge in [0, 0.05) is 72.0 Å². The van der Waals surface area contributed by atoms with Crippen molar-refractivity contribution in [3.8, 4) is 0 Å². The predicted molar refractivity (Wildman–Crippen MR) is 187 cm³/mol. The van der Waals surface area contributed by atoms with Crippen molar-refractivity contribution >= 4 is 54.0 Å². The number of hydrogen-bond acceptors (Lipinski definition) is 23. The first-order valence-electron chi connectivity index (χ1n) is 17.1. The quantitative estimate of drug-likeness (QED) is 0.0163. The Labute approximate surface area is 369 Å². The van der Waals surface area contributed by atoms with Gasteiger partial charge in [-0.1, -0.05) is 10.3 Å². The molecule has 4 amide bonds. The molecule has 0 aliphatic carbocycles. The Morgan fingerprint density at radius 3 is 1.12 bits per heavy atom. The molecule has 28 nitrogen and oxygen atoms in total. The maximum Gasteiger partial charge on any atom is 3.00 e. The zero-order valence-electron chi connectivity index (χ0n) is 31.7. The predicted octanol–water partition coefficient (Wildman–Crippen LogP) is -13.8. The van der Waals surface area contributed by atoms with E-state index in [0.29, 0.717) is 0 Å². The Morgan fingerprint density at radius 2 is 0.814 bits per heavy atom. The number of aliphatic carboxylic acids is 3. The van der Waals surface area contributed by atoms with Gasteiger partial charge in [-0.25, -0.2) is 0 Å². The first kappa shape index (κ1) is 59.5. The fraction of sp³-hybridized carbons (Fsp3) is 0.700. The number of carboxylic acid groups (broad SMARTS) is 3. The zero-order valence-corrected chi connectivity index (χ0v) is 33.9. The molecule has 0 bridgehead atoms. The van der Waals surface area contributed by atoms with Crippen LogP contribution < -0.4 is 36.6 Å². The van der Waals surface area contributed by atoms with Gasteiger partial charge in [0.25, 0.3) is 11.8 Å². The maximum absolute atomic E-state index is 12.4. The number of rotatable bonds is 34. The second-order valence-corrected chi connectivity index (χ2v) is 11.8. The Balaban J connectivity index is -0.0000157. The van der Waals surface area contributed by atoms with E-state index in [1.165, 1.54) is 4.90 Å². The van der Waals surface area contributed by atoms with Crippen molar-refractivity contribution in [3.63, 3.8) is 0 Å². The first-order chi connectivity index (χ1) is 27.0. The number of carbonyl (C=O) groups is 7. The number of carboxylic acids is 3. The van der Waals surface area contributed by atoms with Gasteiger partial charge in [0.05, 0.1) is 56.6 Å². The van der Waals surface area contributed by atoms with Crippen molar-refractivity contribution in [3.05, 3.63) is 0 Å². The number of aliphatic hydroxyl groups is 6. The summed E-state index contributed by atoms with van der Waals surface area (Å²) in [6, 6.07) is 0. The van der Waals surface area contributed by atoms with Gasteiger partial charge in [0.15, 0.2) is 13.2 Å². The van der Waals surface area contributed by atoms with Crippen LogP contribution >= 0.6 is 0 Å². The smallest absolute Gasteiger partial charge is 0.549 e. The Hall–Kier alpha value is -3.85. The molecule has 0 heterocycles. The molecule has 59 heavy (non-hydrogen) atoms. The van der Waals surface area contributed by atoms with Crippen LogP contribution in [0.4, 0.5) is 0 Å². The molecule has 0 aromatic rings. The molecule has 0 fully saturated rings. The molecule has 0 aliphatic heterocycles. The molecular formula is C30H52GdN9O19. The third-order valence-corrected chi connectivity index (χ3v) is 6.93. The standard InChI is InChI=1S/C30H53N9O18.Gd.H2O/c40-16-22(44)20(42)9-35-56-18-26(48)33-3-1-31-24(46)11-38(14-29(52)53)7-5-37(13-28(50)51)6-8-39(15-30(54)55)12-25(47)32-2-4-34-27(49)19-57-36-10-21(43)23(45)17-41;;/h9-10,20-23,40-45H,1-8,11-19H2,(H,31,46)(H,32,47)(H,33,48)(H,34,49)(H,50,51)(H,52,53)(H,54,55);;1H2/q;+3;/p-3/b35-9+,36-10+;;/t20?,21?,22-,23-;;/m1../s1. The second kappa shape index (κ2) is 36.0. The van der Waals surface area contributed by atoms with Crippen molar-refractivity contribution < 1.29 is 135 Å². The molecule has 2 unspecified atom stereocenters. The van der Waals surface area contributed by atoms with Crippen LogP contribution in [0.2, 0.25) is 0 Å². The number of aliphatic hydroxyl groups excluding tert-OH is 6. The number of hydrogen-bond donors (Lipinski definition) is 10. The van der Waals surface area contributed by atoms with Crippen LogP contribution in [0.5, 0.6) is 0 Å². The molecule has 1 radical (unpaired) electrons. The summed E-state index contributed by atoms with van der Waals surface area (Å²) < 4.78 is 0. The van der Waals surface area contributed by atoms with Crippen molar-refractivity contribution in [1.29, 1.82) is 0 Å². The van der Waals surface area contributed by atoms with Crippen LogP contribution in [0.3, 0.4) is 0 Å². The molecule has 339 valence electrons. The van der Waals surface area contributed by atoms with E-state index in [9.17, 15) is 69.3 Å². The van der Waals surface area contributed by atoms with Crippen LogP contribution in [-0.2, 0) is 43.2 Å². The monoisotopic (exact) mass is 1000 g/mol. The third-order valence-electron chi connectivity index (χ3n) is 6.93. The summed E-state index contributed by atoms with van der Waals surface area (Å²) in [7, 11) is 0. The third kappa shape index (κ3) is 33.7. The first-order valence-corrected chi connectivity index (χ1v) is 17.1. The molecule has 0 aromatic carbocycles. The normalized spacial score (nSPS) is 13.2. The second-order valence-electron chi connectivity index (χ2n) is 11.8. The number of amides is 4. The maximum atomic E-state index is 12.4. The summed E-state index contributed by atoms with van der Waals surface area (Å²) >= 11 is 0. The fourth-order valence-electron chi connectivity index (χ4n) is 4.06. The van der Waals surface area contributed by atoms with Gasteiger partial charge in [-0.15, -0.1) is 0 Å². The van der Waals surface area contributed by atoms with E-state index in [2.05, 4.69) is 41.3 Å². The SMILES string of the molecule is O.O=C([O-])CN(CCN(CC(=O)[O-])CC(=O)NCCNC(=O)CO/N=C/C(O)[C@H](O)CO)CCN(CC(=O)[O-])CC(=O)NCCNC(=O)CO/N=C/C(O)[C@H](O)CO.[Gd+3]. The Kier molecular flexibility index (Phi) is 36.3. The van der Waals surface area contributed by atoms with E-state index < -0.39 is 125 Å². The van der Waals surface area contributed by atoms with E-state index in [0.717, 1.165) is 22.2 Å². The van der Waals surface area contributed by atoms with E-state index in [4.69, 9.17) is 10.2 Å². The van der Waals surface area contributed by atoms with Gasteiger partial charge in [-0.2, -0.15) is 0 Å². The molecular weight excluding hydrogens is 948 g/mol. The van der Waals surface area contributed by atoms with Crippen molar-refractivity contribution in [2.24, 2.45) is 10.3 Å². The average molecular weight is 1000 g/mol. The van der Waals surface area contributed by atoms with Crippen LogP contribution in [0.25, 0.3) is 0 Å². The number of carbonyl (C=O) groups excluding carboxylic acids is 7. The Bertz CT molecular complexity index is 1230. The van der Waals surface area contributed by atoms with Crippen LogP contribution in [0, 0.1) is 39.9 Å². The molecule has 0 spiro atoms. The Morgan fingerprint density at radius 1 is 0.525 bits per heavy atom. The summed E-state index contributed by atoms with van der Waals surface area (Å²) in [6.07, 6.45) is -4.50. The van der Waals surface area contributed by atoms with E-state index in [1.54, 1.807) is 0 Å². The summed E-state index contributed by atoms with van der Waals surface area (Å²) in [5, 5.41) is 105. The van der Waals surface area contributed by atoms with Gasteiger partial charge in [0.1, 0.15) is 24.4 Å². The van der Waals surface area contributed by atoms with Gasteiger partial charge in [-0.3, -0.25) is 33.9 Å². The van der Waals surface area contributed by atoms with Gasteiger partial charge < -0.3 is 96.8 Å². The molecule has 0 saturated carbocycles. The van der Waals surface area contributed by atoms with Crippen molar-refractivity contribution in [1.82, 2.24) is 36.0 Å². The van der Waals surface area contributed by atoms with Crippen LogP contribution in [-0.4, -0.2) is 241 Å². The fourth-order valence-corrected chi connectivity index (χ4v) is 4.06. The van der Waals surface area contributed by atoms with Crippen molar-refractivity contribution in [2.45, 2.75) is 24.4 Å². The average Bonchev–Trinajstić information content (AvgIpc) is 3.14. The summed E-state index contributed by atoms with van der Waals surface area (Å²) in [5.41, 5.74) is 0. The molecule has 29 heteroatoms. The minimum absolute atomic E-state index is 0. The van der Waals surface area contributed by atoms with E-state index in [1.807, 2.05) is 0 Å². The van der Waals surface area contributed by atoms with Gasteiger partial charge >= 0.3 is 39.9 Å². The summed E-state index contributed by atoms with van der Waals surface area (Å²) in [4.78, 5) is 95.3. The largest absolute Gasteiger partial charge is 3.00 e. The molecule has 12 N–H and O–H groups in total. The summed E-state index contributed by atoms with van der Waals surface area (Å²) in [6.45, 7) is -6.81. The topological polar surface area (TPSA) is 443 Å². The van der Waals surface area contributed by atoms with E-state index in [-0.39, 0.29) is 97.8 Å². The van der Waals surface area contributed by atoms with Gasteiger partial charge in [-0.05, 0) is 0 Å². The minimum Gasteiger partial charge on any atom is -0.549 e. The van der Waals surface area contributed by atoms with Crippen LogP contribution in [0.1, 0.15) is 0 Å². The molecule has 0 aliphatic rings. The number of nitrogens with zero attached hydrogens (tertiary/aromatic N) is 5. The summed E-state index contributed by atoms with van der Waals surface area (Å²) in [5.74, 6) is -7.31. The molecule has 0 rings (SSSR count). The molecule has 0 saturated heterocycles. The zero-order chi connectivity index (χ0) is 43.2.